The van der Waals surface area contributed by atoms with Gasteiger partial charge in [0.1, 0.15) is 6.33 Å². The molecule has 2 rings (SSSR count). The van der Waals surface area contributed by atoms with Crippen molar-refractivity contribution in [1.82, 2.24) is 9.97 Å². The molecule has 0 saturated heterocycles. The number of benzene rings is 1. The summed E-state index contributed by atoms with van der Waals surface area (Å²) in [7, 11) is 0. The molecule has 0 N–H and O–H groups in total. The number of ketones is 1. The third kappa shape index (κ3) is 1.98. The van der Waals surface area contributed by atoms with Gasteiger partial charge in [0.2, 0.25) is 0 Å². The summed E-state index contributed by atoms with van der Waals surface area (Å²) in [6.07, 6.45) is 3.29. The second-order valence-electron chi connectivity index (χ2n) is 3.66. The second-order valence-corrected chi connectivity index (χ2v) is 3.66. The van der Waals surface area contributed by atoms with E-state index in [1.807, 2.05) is 31.2 Å². The van der Waals surface area contributed by atoms with Crippen LogP contribution in [-0.4, -0.2) is 15.8 Å². The van der Waals surface area contributed by atoms with Gasteiger partial charge in [0, 0.05) is 23.0 Å². The third-order valence-corrected chi connectivity index (χ3v) is 2.49. The highest BCUT2D eigenvalue weighted by molar-refractivity contribution is 5.95. The minimum atomic E-state index is 0.0661. The first-order chi connectivity index (χ1) is 7.68. The van der Waals surface area contributed by atoms with Gasteiger partial charge in [-0.15, -0.1) is 0 Å². The smallest absolute Gasteiger partial charge is 0.159 e. The molecule has 3 nitrogen and oxygen atoms in total. The molecule has 1 aromatic heterocycles. The predicted molar refractivity (Wildman–Crippen MR) is 62.2 cm³/mol. The fraction of sp³-hybridized carbons (Fsp3) is 0.154. The van der Waals surface area contributed by atoms with Crippen LogP contribution in [0.1, 0.15) is 23.0 Å². The molecular weight excluding hydrogens is 200 g/mol. The van der Waals surface area contributed by atoms with Crippen LogP contribution < -0.4 is 0 Å². The lowest BCUT2D eigenvalue weighted by atomic mass is 10.0. The van der Waals surface area contributed by atoms with E-state index in [0.29, 0.717) is 5.56 Å². The Bertz CT molecular complexity index is 535. The highest BCUT2D eigenvalue weighted by atomic mass is 16.1. The Morgan fingerprint density at radius 2 is 2.12 bits per heavy atom. The van der Waals surface area contributed by atoms with Gasteiger partial charge in [-0.2, -0.15) is 0 Å². The summed E-state index contributed by atoms with van der Waals surface area (Å²) < 4.78 is 0. The highest BCUT2D eigenvalue weighted by Crippen LogP contribution is 2.21. The molecule has 0 amide bonds. The molecule has 80 valence electrons. The summed E-state index contributed by atoms with van der Waals surface area (Å²) in [6.45, 7) is 3.49. The molecule has 2 aromatic rings. The molecule has 0 aliphatic carbocycles. The van der Waals surface area contributed by atoms with Gasteiger partial charge in [0.05, 0.1) is 0 Å². The molecule has 0 bridgehead atoms. The Morgan fingerprint density at radius 1 is 1.31 bits per heavy atom. The molecule has 3 heteroatoms. The van der Waals surface area contributed by atoms with Crippen LogP contribution in [0.3, 0.4) is 0 Å². The van der Waals surface area contributed by atoms with Gasteiger partial charge in [-0.25, -0.2) is 9.97 Å². The summed E-state index contributed by atoms with van der Waals surface area (Å²) in [5.41, 5.74) is 3.56. The number of hydrogen-bond acceptors (Lipinski definition) is 3. The molecule has 0 radical (unpaired) electrons. The van der Waals surface area contributed by atoms with E-state index in [1.165, 1.54) is 6.33 Å². The number of nitrogens with zero attached hydrogens (tertiary/aromatic N) is 2. The Kier molecular flexibility index (Phi) is 2.77. The number of aromatic nitrogens is 2. The van der Waals surface area contributed by atoms with Gasteiger partial charge in [-0.05, 0) is 25.5 Å². The summed E-state index contributed by atoms with van der Waals surface area (Å²) in [4.78, 5) is 19.4. The third-order valence-electron chi connectivity index (χ3n) is 2.49. The maximum atomic E-state index is 11.3. The quantitative estimate of drug-likeness (QED) is 0.719. The molecule has 1 heterocycles. The summed E-state index contributed by atoms with van der Waals surface area (Å²) >= 11 is 0. The fourth-order valence-electron chi connectivity index (χ4n) is 1.58. The van der Waals surface area contributed by atoms with Crippen molar-refractivity contribution in [3.8, 4) is 11.1 Å². The van der Waals surface area contributed by atoms with E-state index in [1.54, 1.807) is 13.1 Å². The Labute approximate surface area is 94.2 Å². The van der Waals surface area contributed by atoms with E-state index in [2.05, 4.69) is 9.97 Å². The normalized spacial score (nSPS) is 10.1. The topological polar surface area (TPSA) is 42.9 Å². The van der Waals surface area contributed by atoms with Gasteiger partial charge in [-0.1, -0.05) is 18.2 Å². The van der Waals surface area contributed by atoms with E-state index in [0.717, 1.165) is 16.8 Å². The van der Waals surface area contributed by atoms with Crippen LogP contribution in [0.25, 0.3) is 11.1 Å². The van der Waals surface area contributed by atoms with Crippen LogP contribution >= 0.6 is 0 Å². The largest absolute Gasteiger partial charge is 0.295 e. The number of Topliss-reactive ketones (excluding diaryl/α,β-unsaturated/α-hetero) is 1. The summed E-state index contributed by atoms with van der Waals surface area (Å²) in [5.74, 6) is 0.0661. The number of carbonyl (C=O) groups is 1. The van der Waals surface area contributed by atoms with Gasteiger partial charge in [-0.3, -0.25) is 4.79 Å². The number of carbonyl (C=O) groups excluding carboxylic acids is 1. The Balaban J connectivity index is 2.53. The second kappa shape index (κ2) is 4.23. The average molecular weight is 212 g/mol. The highest BCUT2D eigenvalue weighted by Gasteiger charge is 2.05. The van der Waals surface area contributed by atoms with Crippen molar-refractivity contribution in [2.24, 2.45) is 0 Å². The maximum Gasteiger partial charge on any atom is 0.159 e. The molecule has 16 heavy (non-hydrogen) atoms. The van der Waals surface area contributed by atoms with E-state index in [4.69, 9.17) is 0 Å². The average Bonchev–Trinajstić information content (AvgIpc) is 2.30. The zero-order valence-electron chi connectivity index (χ0n) is 9.27. The minimum Gasteiger partial charge on any atom is -0.295 e. The van der Waals surface area contributed by atoms with Crippen LogP contribution in [0.5, 0.6) is 0 Å². The lowest BCUT2D eigenvalue weighted by molar-refractivity contribution is 0.101. The first-order valence-electron chi connectivity index (χ1n) is 5.06. The van der Waals surface area contributed by atoms with Crippen LogP contribution in [0.2, 0.25) is 0 Å². The first-order valence-corrected chi connectivity index (χ1v) is 5.06. The molecule has 1 aromatic carbocycles. The Morgan fingerprint density at radius 3 is 2.81 bits per heavy atom. The zero-order chi connectivity index (χ0) is 11.5. The van der Waals surface area contributed by atoms with E-state index < -0.39 is 0 Å². The molecule has 0 atom stereocenters. The lowest BCUT2D eigenvalue weighted by Crippen LogP contribution is -1.94. The zero-order valence-corrected chi connectivity index (χ0v) is 9.27. The maximum absolute atomic E-state index is 11.3. The molecule has 0 unspecified atom stereocenters. The van der Waals surface area contributed by atoms with Gasteiger partial charge in [0.15, 0.2) is 5.78 Å². The monoisotopic (exact) mass is 212 g/mol. The van der Waals surface area contributed by atoms with Crippen molar-refractivity contribution in [3.05, 3.63) is 48.0 Å². The van der Waals surface area contributed by atoms with Crippen molar-refractivity contribution in [3.63, 3.8) is 0 Å². The van der Waals surface area contributed by atoms with Crippen LogP contribution in [0, 0.1) is 6.92 Å². The van der Waals surface area contributed by atoms with E-state index >= 15 is 0 Å². The molecule has 0 spiro atoms. The molecule has 0 aliphatic rings. The number of rotatable bonds is 2. The molecular formula is C13H12N2O. The molecule has 0 saturated carbocycles. The van der Waals surface area contributed by atoms with Crippen LogP contribution in [0.15, 0.2) is 36.8 Å². The molecule has 0 fully saturated rings. The van der Waals surface area contributed by atoms with Crippen molar-refractivity contribution in [2.45, 2.75) is 13.8 Å². The lowest BCUT2D eigenvalue weighted by Gasteiger charge is -2.05. The summed E-state index contributed by atoms with van der Waals surface area (Å²) in [5, 5.41) is 0. The van der Waals surface area contributed by atoms with Gasteiger partial charge in [0.25, 0.3) is 0 Å². The molecule has 0 aliphatic heterocycles. The van der Waals surface area contributed by atoms with Crippen molar-refractivity contribution >= 4 is 5.78 Å². The van der Waals surface area contributed by atoms with Crippen molar-refractivity contribution in [2.75, 3.05) is 0 Å². The number of aryl methyl sites for hydroxylation is 1. The van der Waals surface area contributed by atoms with Crippen LogP contribution in [0.4, 0.5) is 0 Å². The minimum absolute atomic E-state index is 0.0661. The van der Waals surface area contributed by atoms with Crippen LogP contribution in [-0.2, 0) is 0 Å². The number of hydrogen-bond donors (Lipinski definition) is 0. The van der Waals surface area contributed by atoms with Gasteiger partial charge >= 0.3 is 0 Å². The van der Waals surface area contributed by atoms with Gasteiger partial charge < -0.3 is 0 Å². The SMILES string of the molecule is CC(=O)c1cccc(-c2cncnc2C)c1. The predicted octanol–water partition coefficient (Wildman–Crippen LogP) is 2.65. The van der Waals surface area contributed by atoms with Crippen molar-refractivity contribution < 1.29 is 4.79 Å². The summed E-state index contributed by atoms with van der Waals surface area (Å²) in [6, 6.07) is 7.51. The first kappa shape index (κ1) is 10.5. The van der Waals surface area contributed by atoms with Crippen molar-refractivity contribution in [1.29, 1.82) is 0 Å². The fourth-order valence-corrected chi connectivity index (χ4v) is 1.58. The van der Waals surface area contributed by atoms with E-state index in [9.17, 15) is 4.79 Å². The Hall–Kier alpha value is -2.03. The van der Waals surface area contributed by atoms with E-state index in [-0.39, 0.29) is 5.78 Å². The standard InChI is InChI=1S/C13H12N2O/c1-9-13(7-14-8-15-9)12-5-3-4-11(6-12)10(2)16/h3-8H,1-2H3.